The van der Waals surface area contributed by atoms with Gasteiger partial charge in [-0.15, -0.1) is 0 Å². The molecule has 19 heavy (non-hydrogen) atoms. The van der Waals surface area contributed by atoms with Gasteiger partial charge in [0.15, 0.2) is 0 Å². The van der Waals surface area contributed by atoms with E-state index < -0.39 is 0 Å². The molecule has 3 amide bonds. The Morgan fingerprint density at radius 3 is 2.68 bits per heavy atom. The van der Waals surface area contributed by atoms with Crippen LogP contribution in [0.25, 0.3) is 11.3 Å². The third-order valence-corrected chi connectivity index (χ3v) is 3.72. The maximum Gasteiger partial charge on any atom is 0.332 e. The third-order valence-electron chi connectivity index (χ3n) is 3.04. The van der Waals surface area contributed by atoms with Crippen molar-refractivity contribution in [2.24, 2.45) is 7.05 Å². The van der Waals surface area contributed by atoms with Gasteiger partial charge in [-0.25, -0.2) is 9.69 Å². The number of likely N-dealkylation sites (N-methyl/N-ethyl adjacent to an activating group) is 1. The molecule has 1 aliphatic rings. The zero-order chi connectivity index (χ0) is 13.6. The maximum atomic E-state index is 12.0. The highest BCUT2D eigenvalue weighted by Crippen LogP contribution is 2.27. The lowest BCUT2D eigenvalue weighted by Gasteiger charge is -2.13. The number of thiophene rings is 1. The summed E-state index contributed by atoms with van der Waals surface area (Å²) in [5, 5.41) is 8.29. The van der Waals surface area contributed by atoms with Gasteiger partial charge in [-0.1, -0.05) is 0 Å². The van der Waals surface area contributed by atoms with Crippen LogP contribution in [-0.2, 0) is 11.8 Å². The number of imide groups is 1. The van der Waals surface area contributed by atoms with Gasteiger partial charge in [-0.05, 0) is 11.4 Å². The van der Waals surface area contributed by atoms with Crippen LogP contribution in [0, 0.1) is 0 Å². The molecule has 0 atom stereocenters. The third kappa shape index (κ3) is 1.82. The lowest BCUT2D eigenvalue weighted by Crippen LogP contribution is -2.32. The molecular weight excluding hydrogens is 264 g/mol. The SMILES string of the molecule is CN1CC(=O)N(c2cc(-c3ccsc3)nn2C)C1=O. The van der Waals surface area contributed by atoms with Gasteiger partial charge in [0.25, 0.3) is 5.91 Å². The second-order valence-electron chi connectivity index (χ2n) is 4.39. The zero-order valence-corrected chi connectivity index (χ0v) is 11.3. The summed E-state index contributed by atoms with van der Waals surface area (Å²) in [4.78, 5) is 26.4. The van der Waals surface area contributed by atoms with Crippen LogP contribution in [0.4, 0.5) is 10.6 Å². The first-order chi connectivity index (χ1) is 9.08. The predicted octanol–water partition coefficient (Wildman–Crippen LogP) is 1.55. The zero-order valence-electron chi connectivity index (χ0n) is 10.5. The fraction of sp³-hybridized carbons (Fsp3) is 0.250. The monoisotopic (exact) mass is 276 g/mol. The largest absolute Gasteiger partial charge is 0.332 e. The molecule has 1 aliphatic heterocycles. The minimum absolute atomic E-state index is 0.109. The fourth-order valence-electron chi connectivity index (χ4n) is 2.06. The summed E-state index contributed by atoms with van der Waals surface area (Å²) in [5.74, 6) is 0.271. The van der Waals surface area contributed by atoms with E-state index in [2.05, 4.69) is 5.10 Å². The van der Waals surface area contributed by atoms with Crippen molar-refractivity contribution in [1.82, 2.24) is 14.7 Å². The topological polar surface area (TPSA) is 58.4 Å². The molecule has 0 saturated carbocycles. The Morgan fingerprint density at radius 2 is 2.11 bits per heavy atom. The van der Waals surface area contributed by atoms with E-state index in [4.69, 9.17) is 0 Å². The summed E-state index contributed by atoms with van der Waals surface area (Å²) < 4.78 is 1.56. The highest BCUT2D eigenvalue weighted by Gasteiger charge is 2.36. The first-order valence-electron chi connectivity index (χ1n) is 5.72. The van der Waals surface area contributed by atoms with Crippen LogP contribution < -0.4 is 4.90 Å². The molecule has 3 rings (SSSR count). The molecule has 2 aromatic rings. The van der Waals surface area contributed by atoms with E-state index in [1.54, 1.807) is 36.2 Å². The summed E-state index contributed by atoms with van der Waals surface area (Å²) in [5.41, 5.74) is 1.74. The van der Waals surface area contributed by atoms with Crippen LogP contribution >= 0.6 is 11.3 Å². The Hall–Kier alpha value is -2.15. The number of hydrogen-bond acceptors (Lipinski definition) is 4. The maximum absolute atomic E-state index is 12.0. The standard InChI is InChI=1S/C12H12N4O2S/c1-14-6-11(17)16(12(14)18)10-5-9(13-15(10)2)8-3-4-19-7-8/h3-5,7H,6H2,1-2H3. The van der Waals surface area contributed by atoms with Gasteiger partial charge in [0, 0.05) is 31.1 Å². The molecule has 0 unspecified atom stereocenters. The summed E-state index contributed by atoms with van der Waals surface area (Å²) in [6, 6.07) is 3.40. The van der Waals surface area contributed by atoms with E-state index in [9.17, 15) is 9.59 Å². The molecule has 3 heterocycles. The molecule has 1 fully saturated rings. The Labute approximate surface area is 113 Å². The molecule has 0 N–H and O–H groups in total. The first kappa shape index (κ1) is 11.9. The average Bonchev–Trinajstić information content (AvgIpc) is 3.03. The average molecular weight is 276 g/mol. The van der Waals surface area contributed by atoms with E-state index >= 15 is 0 Å². The number of carbonyl (C=O) groups excluding carboxylic acids is 2. The highest BCUT2D eigenvalue weighted by molar-refractivity contribution is 7.08. The number of hydrogen-bond donors (Lipinski definition) is 0. The molecule has 0 bridgehead atoms. The van der Waals surface area contributed by atoms with Gasteiger partial charge in [0.1, 0.15) is 12.4 Å². The molecule has 0 aromatic carbocycles. The van der Waals surface area contributed by atoms with Crippen molar-refractivity contribution in [3.05, 3.63) is 22.9 Å². The second-order valence-corrected chi connectivity index (χ2v) is 5.17. The Bertz CT molecular complexity index is 647. The smallest absolute Gasteiger partial charge is 0.318 e. The van der Waals surface area contributed by atoms with Gasteiger partial charge in [-0.2, -0.15) is 16.4 Å². The van der Waals surface area contributed by atoms with Gasteiger partial charge in [-0.3, -0.25) is 9.48 Å². The summed E-state index contributed by atoms with van der Waals surface area (Å²) in [6.45, 7) is 0.109. The molecule has 7 heteroatoms. The number of anilines is 1. The van der Waals surface area contributed by atoms with Gasteiger partial charge in [0.05, 0.1) is 5.69 Å². The number of aromatic nitrogens is 2. The number of carbonyl (C=O) groups is 2. The van der Waals surface area contributed by atoms with Crippen LogP contribution in [0.3, 0.4) is 0 Å². The molecule has 0 radical (unpaired) electrons. The number of rotatable bonds is 2. The van der Waals surface area contributed by atoms with Crippen LogP contribution in [0.5, 0.6) is 0 Å². The Balaban J connectivity index is 2.02. The Kier molecular flexibility index (Phi) is 2.63. The number of nitrogens with zero attached hydrogens (tertiary/aromatic N) is 4. The van der Waals surface area contributed by atoms with Crippen molar-refractivity contribution < 1.29 is 9.59 Å². The number of urea groups is 1. The minimum atomic E-state index is -0.315. The summed E-state index contributed by atoms with van der Waals surface area (Å²) in [7, 11) is 3.33. The Morgan fingerprint density at radius 1 is 1.32 bits per heavy atom. The summed E-state index contributed by atoms with van der Waals surface area (Å²) in [6.07, 6.45) is 0. The highest BCUT2D eigenvalue weighted by atomic mass is 32.1. The number of amides is 3. The minimum Gasteiger partial charge on any atom is -0.318 e. The van der Waals surface area contributed by atoms with Crippen molar-refractivity contribution in [3.63, 3.8) is 0 Å². The van der Waals surface area contributed by atoms with E-state index in [1.165, 1.54) is 9.80 Å². The molecule has 0 aliphatic carbocycles. The fourth-order valence-corrected chi connectivity index (χ4v) is 2.71. The van der Waals surface area contributed by atoms with Crippen LogP contribution in [0.15, 0.2) is 22.9 Å². The van der Waals surface area contributed by atoms with Gasteiger partial charge in [0.2, 0.25) is 0 Å². The first-order valence-corrected chi connectivity index (χ1v) is 6.67. The quantitative estimate of drug-likeness (QED) is 0.782. The molecule has 1 saturated heterocycles. The molecule has 2 aromatic heterocycles. The van der Waals surface area contributed by atoms with E-state index in [0.717, 1.165) is 11.3 Å². The van der Waals surface area contributed by atoms with Crippen molar-refractivity contribution in [2.75, 3.05) is 18.5 Å². The van der Waals surface area contributed by atoms with Crippen molar-refractivity contribution in [1.29, 1.82) is 0 Å². The van der Waals surface area contributed by atoms with Crippen LogP contribution in [0.2, 0.25) is 0 Å². The lowest BCUT2D eigenvalue weighted by molar-refractivity contribution is -0.116. The summed E-state index contributed by atoms with van der Waals surface area (Å²) >= 11 is 1.58. The molecule has 98 valence electrons. The van der Waals surface area contributed by atoms with Crippen molar-refractivity contribution in [2.45, 2.75) is 0 Å². The van der Waals surface area contributed by atoms with Crippen LogP contribution in [0.1, 0.15) is 0 Å². The van der Waals surface area contributed by atoms with Crippen molar-refractivity contribution >= 4 is 29.1 Å². The van der Waals surface area contributed by atoms with Gasteiger partial charge >= 0.3 is 6.03 Å². The molecular formula is C12H12N4O2S. The van der Waals surface area contributed by atoms with E-state index in [0.29, 0.717) is 5.82 Å². The van der Waals surface area contributed by atoms with E-state index in [1.807, 2.05) is 16.8 Å². The van der Waals surface area contributed by atoms with E-state index in [-0.39, 0.29) is 18.5 Å². The second kappa shape index (κ2) is 4.20. The molecule has 0 spiro atoms. The number of aryl methyl sites for hydroxylation is 1. The van der Waals surface area contributed by atoms with Crippen LogP contribution in [-0.4, -0.2) is 40.2 Å². The van der Waals surface area contributed by atoms with Gasteiger partial charge < -0.3 is 4.90 Å². The normalized spacial score (nSPS) is 15.7. The lowest BCUT2D eigenvalue weighted by atomic mass is 10.2. The predicted molar refractivity (Wildman–Crippen MR) is 72.0 cm³/mol. The van der Waals surface area contributed by atoms with Crippen molar-refractivity contribution in [3.8, 4) is 11.3 Å². The molecule has 6 nitrogen and oxygen atoms in total.